The summed E-state index contributed by atoms with van der Waals surface area (Å²) in [6.07, 6.45) is 4.76. The number of hydrogen-bond acceptors (Lipinski definition) is 1. The van der Waals surface area contributed by atoms with Gasteiger partial charge in [-0.05, 0) is 24.3 Å². The Morgan fingerprint density at radius 1 is 1.20 bits per heavy atom. The molecule has 1 aromatic carbocycles. The molecular formula is C13H17NO. The van der Waals surface area contributed by atoms with Gasteiger partial charge in [0.15, 0.2) is 0 Å². The number of benzene rings is 1. The predicted octanol–water partition coefficient (Wildman–Crippen LogP) is 2.45. The van der Waals surface area contributed by atoms with E-state index in [1.165, 1.54) is 12.8 Å². The molecule has 1 atom stereocenters. The monoisotopic (exact) mass is 203 g/mol. The maximum atomic E-state index is 11.5. The van der Waals surface area contributed by atoms with Gasteiger partial charge >= 0.3 is 0 Å². The lowest BCUT2D eigenvalue weighted by atomic mass is 9.84. The van der Waals surface area contributed by atoms with Gasteiger partial charge in [-0.2, -0.15) is 0 Å². The van der Waals surface area contributed by atoms with Crippen LogP contribution in [0.2, 0.25) is 0 Å². The molecule has 0 spiro atoms. The van der Waals surface area contributed by atoms with Crippen LogP contribution in [0.5, 0.6) is 0 Å². The SMILES string of the molecule is NC(=O)[C@H](c1ccccc1)C1CCCC1. The quantitative estimate of drug-likeness (QED) is 0.805. The van der Waals surface area contributed by atoms with Crippen LogP contribution in [0.15, 0.2) is 30.3 Å². The van der Waals surface area contributed by atoms with Gasteiger partial charge in [0, 0.05) is 0 Å². The second kappa shape index (κ2) is 4.47. The van der Waals surface area contributed by atoms with Gasteiger partial charge in [-0.3, -0.25) is 4.79 Å². The largest absolute Gasteiger partial charge is 0.369 e. The first-order valence-corrected chi connectivity index (χ1v) is 5.63. The molecule has 1 amide bonds. The molecule has 0 aliphatic heterocycles. The van der Waals surface area contributed by atoms with Crippen LogP contribution in [-0.4, -0.2) is 5.91 Å². The molecule has 0 radical (unpaired) electrons. The van der Waals surface area contributed by atoms with Crippen LogP contribution in [0.4, 0.5) is 0 Å². The molecular weight excluding hydrogens is 186 g/mol. The molecule has 2 N–H and O–H groups in total. The third-order valence-corrected chi connectivity index (χ3v) is 3.34. The van der Waals surface area contributed by atoms with Crippen LogP contribution in [0.3, 0.4) is 0 Å². The maximum Gasteiger partial charge on any atom is 0.225 e. The van der Waals surface area contributed by atoms with E-state index in [4.69, 9.17) is 5.73 Å². The van der Waals surface area contributed by atoms with Crippen molar-refractivity contribution in [2.75, 3.05) is 0 Å². The van der Waals surface area contributed by atoms with Gasteiger partial charge in [-0.25, -0.2) is 0 Å². The first-order valence-electron chi connectivity index (χ1n) is 5.63. The summed E-state index contributed by atoms with van der Waals surface area (Å²) >= 11 is 0. The number of nitrogens with two attached hydrogens (primary N) is 1. The van der Waals surface area contributed by atoms with Crippen LogP contribution in [0.1, 0.15) is 37.2 Å². The number of hydrogen-bond donors (Lipinski definition) is 1. The lowest BCUT2D eigenvalue weighted by Gasteiger charge is -2.20. The highest BCUT2D eigenvalue weighted by atomic mass is 16.1. The molecule has 1 aromatic rings. The van der Waals surface area contributed by atoms with Gasteiger partial charge in [0.2, 0.25) is 5.91 Å². The Balaban J connectivity index is 2.23. The van der Waals surface area contributed by atoms with E-state index in [1.54, 1.807) is 0 Å². The smallest absolute Gasteiger partial charge is 0.225 e. The minimum Gasteiger partial charge on any atom is -0.369 e. The molecule has 0 saturated heterocycles. The Hall–Kier alpha value is -1.31. The van der Waals surface area contributed by atoms with Crippen molar-refractivity contribution in [3.8, 4) is 0 Å². The third-order valence-electron chi connectivity index (χ3n) is 3.34. The van der Waals surface area contributed by atoms with Crippen molar-refractivity contribution in [1.82, 2.24) is 0 Å². The van der Waals surface area contributed by atoms with Crippen LogP contribution in [0, 0.1) is 5.92 Å². The molecule has 1 aliphatic rings. The lowest BCUT2D eigenvalue weighted by molar-refractivity contribution is -0.120. The highest BCUT2D eigenvalue weighted by Gasteiger charge is 2.30. The maximum absolute atomic E-state index is 11.5. The molecule has 1 aliphatic carbocycles. The van der Waals surface area contributed by atoms with E-state index in [9.17, 15) is 4.79 Å². The van der Waals surface area contributed by atoms with Gasteiger partial charge in [-0.1, -0.05) is 43.2 Å². The number of rotatable bonds is 3. The summed E-state index contributed by atoms with van der Waals surface area (Å²) in [6, 6.07) is 9.93. The van der Waals surface area contributed by atoms with Crippen molar-refractivity contribution in [2.45, 2.75) is 31.6 Å². The minimum absolute atomic E-state index is 0.0753. The van der Waals surface area contributed by atoms with E-state index in [1.807, 2.05) is 30.3 Å². The van der Waals surface area contributed by atoms with E-state index in [-0.39, 0.29) is 11.8 Å². The van der Waals surface area contributed by atoms with Crippen LogP contribution < -0.4 is 5.73 Å². The third kappa shape index (κ3) is 2.20. The van der Waals surface area contributed by atoms with E-state index >= 15 is 0 Å². The molecule has 1 saturated carbocycles. The van der Waals surface area contributed by atoms with Crippen LogP contribution in [-0.2, 0) is 4.79 Å². The Kier molecular flexibility index (Phi) is 3.05. The standard InChI is InChI=1S/C13H17NO/c14-13(15)12(11-8-4-5-9-11)10-6-2-1-3-7-10/h1-3,6-7,11-12H,4-5,8-9H2,(H2,14,15)/t12-/m1/s1. The summed E-state index contributed by atoms with van der Waals surface area (Å²) in [7, 11) is 0. The Labute approximate surface area is 90.5 Å². The van der Waals surface area contributed by atoms with Crippen molar-refractivity contribution in [3.05, 3.63) is 35.9 Å². The summed E-state index contributed by atoms with van der Waals surface area (Å²) < 4.78 is 0. The molecule has 1 fully saturated rings. The van der Waals surface area contributed by atoms with Gasteiger partial charge in [0.1, 0.15) is 0 Å². The first-order chi connectivity index (χ1) is 7.29. The highest BCUT2D eigenvalue weighted by Crippen LogP contribution is 2.36. The van der Waals surface area contributed by atoms with Crippen molar-refractivity contribution in [1.29, 1.82) is 0 Å². The molecule has 2 rings (SSSR count). The number of carbonyl (C=O) groups is 1. The second-order valence-electron chi connectivity index (χ2n) is 4.34. The average molecular weight is 203 g/mol. The minimum atomic E-state index is -0.173. The van der Waals surface area contributed by atoms with E-state index in [0.29, 0.717) is 5.92 Å². The van der Waals surface area contributed by atoms with Gasteiger partial charge in [-0.15, -0.1) is 0 Å². The van der Waals surface area contributed by atoms with Gasteiger partial charge in [0.25, 0.3) is 0 Å². The van der Waals surface area contributed by atoms with Crippen molar-refractivity contribution < 1.29 is 4.79 Å². The molecule has 0 aromatic heterocycles. The molecule has 15 heavy (non-hydrogen) atoms. The zero-order valence-corrected chi connectivity index (χ0v) is 8.86. The van der Waals surface area contributed by atoms with Crippen molar-refractivity contribution in [2.24, 2.45) is 11.7 Å². The first kappa shape index (κ1) is 10.2. The Bertz CT molecular complexity index is 328. The number of primary amides is 1. The molecule has 2 nitrogen and oxygen atoms in total. The molecule has 0 unspecified atom stereocenters. The van der Waals surface area contributed by atoms with Gasteiger partial charge < -0.3 is 5.73 Å². The van der Waals surface area contributed by atoms with Gasteiger partial charge in [0.05, 0.1) is 5.92 Å². The summed E-state index contributed by atoms with van der Waals surface area (Å²) in [4.78, 5) is 11.5. The fourth-order valence-corrected chi connectivity index (χ4v) is 2.62. The van der Waals surface area contributed by atoms with Crippen LogP contribution in [0.25, 0.3) is 0 Å². The molecule has 0 heterocycles. The molecule has 80 valence electrons. The van der Waals surface area contributed by atoms with E-state index in [2.05, 4.69) is 0 Å². The molecule has 2 heteroatoms. The zero-order valence-electron chi connectivity index (χ0n) is 8.86. The Morgan fingerprint density at radius 3 is 2.33 bits per heavy atom. The summed E-state index contributed by atoms with van der Waals surface area (Å²) in [5.41, 5.74) is 6.59. The fourth-order valence-electron chi connectivity index (χ4n) is 2.62. The average Bonchev–Trinajstić information content (AvgIpc) is 2.72. The lowest BCUT2D eigenvalue weighted by Crippen LogP contribution is -2.26. The number of amides is 1. The van der Waals surface area contributed by atoms with E-state index < -0.39 is 0 Å². The fraction of sp³-hybridized carbons (Fsp3) is 0.462. The highest BCUT2D eigenvalue weighted by molar-refractivity contribution is 5.82. The van der Waals surface area contributed by atoms with Crippen LogP contribution >= 0.6 is 0 Å². The van der Waals surface area contributed by atoms with E-state index in [0.717, 1.165) is 18.4 Å². The molecule has 0 bridgehead atoms. The Morgan fingerprint density at radius 2 is 1.80 bits per heavy atom. The normalized spacial score (nSPS) is 18.9. The summed E-state index contributed by atoms with van der Waals surface area (Å²) in [6.45, 7) is 0. The second-order valence-corrected chi connectivity index (χ2v) is 4.34. The topological polar surface area (TPSA) is 43.1 Å². The van der Waals surface area contributed by atoms with Crippen molar-refractivity contribution in [3.63, 3.8) is 0 Å². The zero-order chi connectivity index (χ0) is 10.7. The summed E-state index contributed by atoms with van der Waals surface area (Å²) in [5.74, 6) is 0.215. The van der Waals surface area contributed by atoms with Crippen molar-refractivity contribution >= 4 is 5.91 Å². The number of carbonyl (C=O) groups excluding carboxylic acids is 1. The summed E-state index contributed by atoms with van der Waals surface area (Å²) in [5, 5.41) is 0. The predicted molar refractivity (Wildman–Crippen MR) is 60.3 cm³/mol.